The summed E-state index contributed by atoms with van der Waals surface area (Å²) < 4.78 is 5.50. The van der Waals surface area contributed by atoms with E-state index in [0.29, 0.717) is 5.41 Å². The van der Waals surface area contributed by atoms with Crippen LogP contribution in [0.25, 0.3) is 0 Å². The molecular formula is C14H30N2O2. The Balaban J connectivity index is 2.54. The normalized spacial score (nSPS) is 19.3. The molecule has 2 N–H and O–H groups in total. The average Bonchev–Trinajstić information content (AvgIpc) is 2.37. The summed E-state index contributed by atoms with van der Waals surface area (Å²) in [5, 5.41) is 12.5. The van der Waals surface area contributed by atoms with Gasteiger partial charge in [-0.25, -0.2) is 0 Å². The van der Waals surface area contributed by atoms with Crippen molar-refractivity contribution in [3.05, 3.63) is 0 Å². The van der Waals surface area contributed by atoms with E-state index in [-0.39, 0.29) is 6.61 Å². The average molecular weight is 258 g/mol. The molecule has 0 bridgehead atoms. The number of nitrogens with one attached hydrogen (secondary N) is 1. The minimum absolute atomic E-state index is 0.260. The number of hydrogen-bond donors (Lipinski definition) is 2. The van der Waals surface area contributed by atoms with Crippen molar-refractivity contribution >= 4 is 0 Å². The third-order valence-corrected chi connectivity index (χ3v) is 3.91. The first-order valence-corrected chi connectivity index (χ1v) is 7.32. The lowest BCUT2D eigenvalue weighted by atomic mass is 9.79. The van der Waals surface area contributed by atoms with Gasteiger partial charge in [0.25, 0.3) is 0 Å². The van der Waals surface area contributed by atoms with Crippen LogP contribution in [0.1, 0.15) is 32.6 Å². The Morgan fingerprint density at radius 3 is 2.56 bits per heavy atom. The lowest BCUT2D eigenvalue weighted by Crippen LogP contribution is -2.47. The van der Waals surface area contributed by atoms with Gasteiger partial charge in [0.1, 0.15) is 0 Å². The predicted octanol–water partition coefficient (Wildman–Crippen LogP) is 1.10. The van der Waals surface area contributed by atoms with Gasteiger partial charge >= 0.3 is 0 Å². The molecule has 0 radical (unpaired) electrons. The Kier molecular flexibility index (Phi) is 7.82. The molecule has 1 saturated heterocycles. The van der Waals surface area contributed by atoms with Gasteiger partial charge in [-0.3, -0.25) is 0 Å². The van der Waals surface area contributed by atoms with E-state index in [4.69, 9.17) is 4.74 Å². The number of ether oxygens (including phenoxy) is 1. The molecule has 0 aromatic heterocycles. The first-order chi connectivity index (χ1) is 8.76. The zero-order valence-electron chi connectivity index (χ0n) is 12.1. The molecule has 0 atom stereocenters. The minimum Gasteiger partial charge on any atom is -0.395 e. The topological polar surface area (TPSA) is 44.7 Å². The summed E-state index contributed by atoms with van der Waals surface area (Å²) in [5.41, 5.74) is 0.329. The minimum atomic E-state index is 0.260. The van der Waals surface area contributed by atoms with E-state index in [1.54, 1.807) is 0 Å². The smallest absolute Gasteiger partial charge is 0.0558 e. The second-order valence-corrected chi connectivity index (χ2v) is 5.50. The number of unbranched alkanes of at least 4 members (excludes halogenated alkanes) is 1. The summed E-state index contributed by atoms with van der Waals surface area (Å²) in [6, 6.07) is 0. The SMILES string of the molecule is CCCCN(CCO)CC1(CNC)CCOCC1. The van der Waals surface area contributed by atoms with Crippen LogP contribution in [0, 0.1) is 5.41 Å². The van der Waals surface area contributed by atoms with Crippen LogP contribution >= 0.6 is 0 Å². The molecule has 1 aliphatic heterocycles. The number of aliphatic hydroxyl groups is 1. The summed E-state index contributed by atoms with van der Waals surface area (Å²) in [6.45, 7) is 8.26. The molecule has 0 spiro atoms. The molecule has 1 rings (SSSR count). The summed E-state index contributed by atoms with van der Waals surface area (Å²) in [4.78, 5) is 2.42. The third-order valence-electron chi connectivity index (χ3n) is 3.91. The number of nitrogens with zero attached hydrogens (tertiary/aromatic N) is 1. The molecule has 1 heterocycles. The highest BCUT2D eigenvalue weighted by Crippen LogP contribution is 2.31. The van der Waals surface area contributed by atoms with Gasteiger partial charge in [-0.05, 0) is 38.3 Å². The molecule has 0 aromatic carbocycles. The Hall–Kier alpha value is -0.160. The van der Waals surface area contributed by atoms with E-state index < -0.39 is 0 Å². The van der Waals surface area contributed by atoms with Gasteiger partial charge in [0.2, 0.25) is 0 Å². The van der Waals surface area contributed by atoms with Crippen molar-refractivity contribution in [2.75, 3.05) is 53.0 Å². The quantitative estimate of drug-likeness (QED) is 0.650. The van der Waals surface area contributed by atoms with Gasteiger partial charge in [0, 0.05) is 32.8 Å². The van der Waals surface area contributed by atoms with Gasteiger partial charge in [-0.1, -0.05) is 13.3 Å². The summed E-state index contributed by atoms with van der Waals surface area (Å²) in [6.07, 6.45) is 4.68. The molecule has 4 nitrogen and oxygen atoms in total. The summed E-state index contributed by atoms with van der Waals surface area (Å²) >= 11 is 0. The van der Waals surface area contributed by atoms with Crippen LogP contribution < -0.4 is 5.32 Å². The maximum atomic E-state index is 9.20. The molecule has 0 aliphatic carbocycles. The zero-order chi connectivity index (χ0) is 13.3. The van der Waals surface area contributed by atoms with Gasteiger partial charge in [-0.2, -0.15) is 0 Å². The third kappa shape index (κ3) is 5.22. The molecule has 0 saturated carbocycles. The highest BCUT2D eigenvalue weighted by Gasteiger charge is 2.33. The van der Waals surface area contributed by atoms with Crippen LogP contribution in [-0.4, -0.2) is 63.1 Å². The van der Waals surface area contributed by atoms with Gasteiger partial charge in [0.15, 0.2) is 0 Å². The van der Waals surface area contributed by atoms with Crippen LogP contribution in [0.5, 0.6) is 0 Å². The Bertz CT molecular complexity index is 200. The van der Waals surface area contributed by atoms with Crippen molar-refractivity contribution in [2.45, 2.75) is 32.6 Å². The van der Waals surface area contributed by atoms with Gasteiger partial charge < -0.3 is 20.1 Å². The van der Waals surface area contributed by atoms with Crippen LogP contribution in [-0.2, 0) is 4.74 Å². The van der Waals surface area contributed by atoms with Crippen molar-refractivity contribution in [1.82, 2.24) is 10.2 Å². The molecule has 4 heteroatoms. The van der Waals surface area contributed by atoms with Gasteiger partial charge in [-0.15, -0.1) is 0 Å². The Morgan fingerprint density at radius 1 is 1.28 bits per heavy atom. The lowest BCUT2D eigenvalue weighted by molar-refractivity contribution is -0.00583. The van der Waals surface area contributed by atoms with Crippen LogP contribution in [0.4, 0.5) is 0 Å². The molecular weight excluding hydrogens is 228 g/mol. The summed E-state index contributed by atoms with van der Waals surface area (Å²) in [5.74, 6) is 0. The fourth-order valence-electron chi connectivity index (χ4n) is 2.84. The lowest BCUT2D eigenvalue weighted by Gasteiger charge is -2.41. The first kappa shape index (κ1) is 15.9. The van der Waals surface area contributed by atoms with E-state index in [1.165, 1.54) is 12.8 Å². The fourth-order valence-corrected chi connectivity index (χ4v) is 2.84. The van der Waals surface area contributed by atoms with E-state index in [2.05, 4.69) is 17.1 Å². The summed E-state index contributed by atoms with van der Waals surface area (Å²) in [7, 11) is 2.03. The zero-order valence-corrected chi connectivity index (χ0v) is 12.1. The second-order valence-electron chi connectivity index (χ2n) is 5.50. The molecule has 0 aromatic rings. The number of rotatable bonds is 9. The maximum absolute atomic E-state index is 9.20. The standard InChI is InChI=1S/C14H30N2O2/c1-3-4-7-16(8-9-17)13-14(12-15-2)5-10-18-11-6-14/h15,17H,3-13H2,1-2H3. The van der Waals surface area contributed by atoms with Crippen molar-refractivity contribution in [3.63, 3.8) is 0 Å². The van der Waals surface area contributed by atoms with Crippen LogP contribution in [0.2, 0.25) is 0 Å². The van der Waals surface area contributed by atoms with E-state index in [9.17, 15) is 5.11 Å². The number of hydrogen-bond acceptors (Lipinski definition) is 4. The molecule has 1 fully saturated rings. The number of aliphatic hydroxyl groups excluding tert-OH is 1. The molecule has 18 heavy (non-hydrogen) atoms. The molecule has 108 valence electrons. The maximum Gasteiger partial charge on any atom is 0.0558 e. The van der Waals surface area contributed by atoms with Crippen molar-refractivity contribution in [3.8, 4) is 0 Å². The highest BCUT2D eigenvalue weighted by atomic mass is 16.5. The second kappa shape index (κ2) is 8.86. The van der Waals surface area contributed by atoms with Crippen LogP contribution in [0.3, 0.4) is 0 Å². The van der Waals surface area contributed by atoms with Gasteiger partial charge in [0.05, 0.1) is 6.61 Å². The molecule has 1 aliphatic rings. The van der Waals surface area contributed by atoms with Crippen molar-refractivity contribution in [1.29, 1.82) is 0 Å². The van der Waals surface area contributed by atoms with Crippen molar-refractivity contribution < 1.29 is 9.84 Å². The Morgan fingerprint density at radius 2 is 2.00 bits per heavy atom. The van der Waals surface area contributed by atoms with Crippen LogP contribution in [0.15, 0.2) is 0 Å². The fraction of sp³-hybridized carbons (Fsp3) is 1.00. The van der Waals surface area contributed by atoms with E-state index >= 15 is 0 Å². The molecule has 0 unspecified atom stereocenters. The van der Waals surface area contributed by atoms with E-state index in [1.807, 2.05) is 7.05 Å². The first-order valence-electron chi connectivity index (χ1n) is 7.32. The highest BCUT2D eigenvalue weighted by molar-refractivity contribution is 4.87. The molecule has 0 amide bonds. The predicted molar refractivity (Wildman–Crippen MR) is 74.8 cm³/mol. The van der Waals surface area contributed by atoms with E-state index in [0.717, 1.165) is 52.2 Å². The van der Waals surface area contributed by atoms with Crippen molar-refractivity contribution in [2.24, 2.45) is 5.41 Å². The monoisotopic (exact) mass is 258 g/mol. The largest absolute Gasteiger partial charge is 0.395 e. The Labute approximate surface area is 112 Å².